The summed E-state index contributed by atoms with van der Waals surface area (Å²) in [5.41, 5.74) is 0.306. The Labute approximate surface area is 150 Å². The molecule has 0 aromatic carbocycles. The average Bonchev–Trinajstić information content (AvgIpc) is 2.52. The Morgan fingerprint density at radius 2 is 1.38 bits per heavy atom. The molecule has 5 nitrogen and oxygen atoms in total. The third-order valence-corrected chi connectivity index (χ3v) is 4.10. The Hall–Kier alpha value is -0.530. The first-order valence-corrected chi connectivity index (χ1v) is 9.55. The number of allylic oxidation sites excluding steroid dienone is 3. The summed E-state index contributed by atoms with van der Waals surface area (Å²) in [6.07, 6.45) is 6.42. The Kier molecular flexibility index (Phi) is 14.5. The highest BCUT2D eigenvalue weighted by atomic mass is 32.2. The molecule has 0 saturated carbocycles. The highest BCUT2D eigenvalue weighted by Gasteiger charge is 2.09. The standard InChI is InChI=1S/C18H34O5S/c1-6-8-17(7-2)24(19)23-16-15-22-14-13-21-12-11-20-10-9-18(3,4)5/h6-8H,9-16H2,1-5H3. The van der Waals surface area contributed by atoms with Crippen LogP contribution in [0.5, 0.6) is 0 Å². The second-order valence-corrected chi connectivity index (χ2v) is 7.57. The van der Waals surface area contributed by atoms with Crippen LogP contribution in [0.1, 0.15) is 41.0 Å². The lowest BCUT2D eigenvalue weighted by molar-refractivity contribution is 0.00649. The summed E-state index contributed by atoms with van der Waals surface area (Å²) in [4.78, 5) is 0.660. The first-order valence-electron chi connectivity index (χ1n) is 8.48. The molecule has 24 heavy (non-hydrogen) atoms. The first kappa shape index (κ1) is 23.5. The number of ether oxygens (including phenoxy) is 3. The third-order valence-electron chi connectivity index (χ3n) is 2.97. The molecular weight excluding hydrogens is 328 g/mol. The van der Waals surface area contributed by atoms with Crippen LogP contribution in [0.2, 0.25) is 0 Å². The van der Waals surface area contributed by atoms with Crippen molar-refractivity contribution < 1.29 is 22.6 Å². The van der Waals surface area contributed by atoms with Crippen LogP contribution in [0.25, 0.3) is 0 Å². The van der Waals surface area contributed by atoms with Crippen molar-refractivity contribution in [3.8, 4) is 0 Å². The van der Waals surface area contributed by atoms with Crippen molar-refractivity contribution in [1.82, 2.24) is 0 Å². The van der Waals surface area contributed by atoms with Crippen molar-refractivity contribution in [3.05, 3.63) is 23.1 Å². The van der Waals surface area contributed by atoms with Gasteiger partial charge in [0.2, 0.25) is 0 Å². The summed E-state index contributed by atoms with van der Waals surface area (Å²) in [6, 6.07) is 0. The quantitative estimate of drug-likeness (QED) is 0.349. The summed E-state index contributed by atoms with van der Waals surface area (Å²) in [5, 5.41) is 0. The third kappa shape index (κ3) is 15.0. The number of hydrogen-bond donors (Lipinski definition) is 0. The van der Waals surface area contributed by atoms with Gasteiger partial charge in [0, 0.05) is 6.61 Å². The fourth-order valence-corrected chi connectivity index (χ4v) is 2.36. The zero-order valence-corrected chi connectivity index (χ0v) is 16.7. The van der Waals surface area contributed by atoms with Crippen LogP contribution in [0.4, 0.5) is 0 Å². The lowest BCUT2D eigenvalue weighted by Crippen LogP contribution is -2.14. The van der Waals surface area contributed by atoms with Gasteiger partial charge in [-0.25, -0.2) is 4.21 Å². The van der Waals surface area contributed by atoms with Gasteiger partial charge >= 0.3 is 0 Å². The Bertz CT molecular complexity index is 385. The molecule has 0 heterocycles. The van der Waals surface area contributed by atoms with E-state index in [-0.39, 0.29) is 6.61 Å². The van der Waals surface area contributed by atoms with Gasteiger partial charge in [0.05, 0.1) is 44.5 Å². The van der Waals surface area contributed by atoms with Crippen LogP contribution < -0.4 is 0 Å². The van der Waals surface area contributed by atoms with E-state index in [1.165, 1.54) is 0 Å². The van der Waals surface area contributed by atoms with Crippen molar-refractivity contribution in [1.29, 1.82) is 0 Å². The van der Waals surface area contributed by atoms with Gasteiger partial charge in [0.25, 0.3) is 0 Å². The molecule has 142 valence electrons. The van der Waals surface area contributed by atoms with Gasteiger partial charge in [-0.1, -0.05) is 32.9 Å². The van der Waals surface area contributed by atoms with Gasteiger partial charge in [0.15, 0.2) is 11.1 Å². The highest BCUT2D eigenvalue weighted by molar-refractivity contribution is 7.84. The van der Waals surface area contributed by atoms with E-state index >= 15 is 0 Å². The maximum absolute atomic E-state index is 11.8. The zero-order chi connectivity index (χ0) is 18.3. The molecule has 0 N–H and O–H groups in total. The minimum absolute atomic E-state index is 0.289. The molecule has 0 spiro atoms. The maximum atomic E-state index is 11.8. The van der Waals surface area contributed by atoms with Crippen LogP contribution in [-0.2, 0) is 29.5 Å². The average molecular weight is 363 g/mol. The lowest BCUT2D eigenvalue weighted by Gasteiger charge is -2.17. The predicted molar refractivity (Wildman–Crippen MR) is 99.2 cm³/mol. The van der Waals surface area contributed by atoms with Crippen molar-refractivity contribution in [2.45, 2.75) is 41.0 Å². The van der Waals surface area contributed by atoms with E-state index in [4.69, 9.17) is 18.4 Å². The van der Waals surface area contributed by atoms with Crippen LogP contribution >= 0.6 is 0 Å². The normalized spacial score (nSPS) is 14.5. The van der Waals surface area contributed by atoms with Crippen molar-refractivity contribution in [3.63, 3.8) is 0 Å². The zero-order valence-electron chi connectivity index (χ0n) is 15.8. The Balaban J connectivity index is 3.39. The van der Waals surface area contributed by atoms with E-state index in [1.807, 2.05) is 19.9 Å². The molecule has 0 fully saturated rings. The van der Waals surface area contributed by atoms with Gasteiger partial charge in [-0.15, -0.1) is 0 Å². The summed E-state index contributed by atoms with van der Waals surface area (Å²) < 4.78 is 33.3. The van der Waals surface area contributed by atoms with E-state index < -0.39 is 11.1 Å². The molecular formula is C18H34O5S. The molecule has 0 amide bonds. The van der Waals surface area contributed by atoms with Crippen LogP contribution in [0.15, 0.2) is 23.1 Å². The van der Waals surface area contributed by atoms with E-state index in [9.17, 15) is 4.21 Å². The van der Waals surface area contributed by atoms with Gasteiger partial charge in [-0.2, -0.15) is 0 Å². The Morgan fingerprint density at radius 3 is 1.83 bits per heavy atom. The lowest BCUT2D eigenvalue weighted by atomic mass is 9.93. The largest absolute Gasteiger partial charge is 0.379 e. The van der Waals surface area contributed by atoms with Crippen molar-refractivity contribution >= 4 is 11.1 Å². The smallest absolute Gasteiger partial charge is 0.188 e. The highest BCUT2D eigenvalue weighted by Crippen LogP contribution is 2.17. The molecule has 0 aromatic rings. The first-order chi connectivity index (χ1) is 11.4. The molecule has 0 saturated heterocycles. The second-order valence-electron chi connectivity index (χ2n) is 6.40. The molecule has 0 rings (SSSR count). The molecule has 1 atom stereocenters. The summed E-state index contributed by atoms with van der Waals surface area (Å²) in [6.45, 7) is 13.9. The van der Waals surface area contributed by atoms with E-state index in [1.54, 1.807) is 12.2 Å². The molecule has 1 unspecified atom stereocenters. The van der Waals surface area contributed by atoms with E-state index in [2.05, 4.69) is 20.8 Å². The van der Waals surface area contributed by atoms with Crippen LogP contribution in [-0.4, -0.2) is 50.5 Å². The fraction of sp³-hybridized carbons (Fsp3) is 0.778. The van der Waals surface area contributed by atoms with Crippen LogP contribution in [0.3, 0.4) is 0 Å². The minimum atomic E-state index is -1.43. The second kappa shape index (κ2) is 14.8. The molecule has 0 aliphatic carbocycles. The molecule has 0 aromatic heterocycles. The van der Waals surface area contributed by atoms with Crippen molar-refractivity contribution in [2.75, 3.05) is 46.2 Å². The van der Waals surface area contributed by atoms with Gasteiger partial charge in [0.1, 0.15) is 0 Å². The van der Waals surface area contributed by atoms with Gasteiger partial charge < -0.3 is 14.2 Å². The summed E-state index contributed by atoms with van der Waals surface area (Å²) in [5.74, 6) is 0. The van der Waals surface area contributed by atoms with E-state index in [0.717, 1.165) is 13.0 Å². The SMILES string of the molecule is CC=CC(=CC)S(=O)OCCOCCOCCOCCC(C)(C)C. The monoisotopic (exact) mass is 362 g/mol. The van der Waals surface area contributed by atoms with E-state index in [0.29, 0.717) is 43.4 Å². The van der Waals surface area contributed by atoms with Gasteiger partial charge in [-0.3, -0.25) is 4.18 Å². The molecule has 0 radical (unpaired) electrons. The topological polar surface area (TPSA) is 54.0 Å². The fourth-order valence-electron chi connectivity index (χ4n) is 1.57. The molecule has 0 aliphatic rings. The number of rotatable bonds is 14. The predicted octanol–water partition coefficient (Wildman–Crippen LogP) is 3.63. The maximum Gasteiger partial charge on any atom is 0.188 e. The van der Waals surface area contributed by atoms with Gasteiger partial charge in [-0.05, 0) is 31.8 Å². The minimum Gasteiger partial charge on any atom is -0.379 e. The molecule has 0 bridgehead atoms. The van der Waals surface area contributed by atoms with Crippen LogP contribution in [0, 0.1) is 5.41 Å². The summed E-state index contributed by atoms with van der Waals surface area (Å²) in [7, 11) is 0. The summed E-state index contributed by atoms with van der Waals surface area (Å²) >= 11 is -1.43. The van der Waals surface area contributed by atoms with Crippen molar-refractivity contribution in [2.24, 2.45) is 5.41 Å². The molecule has 0 aliphatic heterocycles. The molecule has 6 heteroatoms. The number of hydrogen-bond acceptors (Lipinski definition) is 5. The Morgan fingerprint density at radius 1 is 0.875 bits per heavy atom.